The third-order valence-corrected chi connectivity index (χ3v) is 3.54. The van der Waals surface area contributed by atoms with Crippen LogP contribution in [0.4, 0.5) is 5.69 Å². The van der Waals surface area contributed by atoms with Gasteiger partial charge in [0.05, 0.1) is 22.6 Å². The van der Waals surface area contributed by atoms with Crippen molar-refractivity contribution in [2.75, 3.05) is 12.4 Å². The summed E-state index contributed by atoms with van der Waals surface area (Å²) in [6, 6.07) is 5.04. The van der Waals surface area contributed by atoms with Gasteiger partial charge in [-0.05, 0) is 40.8 Å². The second kappa shape index (κ2) is 5.79. The van der Waals surface area contributed by atoms with Crippen molar-refractivity contribution in [3.8, 4) is 5.75 Å². The molecule has 0 spiro atoms. The van der Waals surface area contributed by atoms with Crippen molar-refractivity contribution in [1.82, 2.24) is 9.78 Å². The van der Waals surface area contributed by atoms with E-state index in [4.69, 9.17) is 16.3 Å². The second-order valence-corrected chi connectivity index (χ2v) is 5.36. The SMILES string of the molecule is COc1ccc(Cl)cc1NC(=O)c1c(I)cnn1C. The first-order valence-electron chi connectivity index (χ1n) is 5.35. The summed E-state index contributed by atoms with van der Waals surface area (Å²) in [4.78, 5) is 12.2. The van der Waals surface area contributed by atoms with Crippen LogP contribution in [0.3, 0.4) is 0 Å². The molecule has 1 amide bonds. The number of nitrogens with zero attached hydrogens (tertiary/aromatic N) is 2. The van der Waals surface area contributed by atoms with Crippen LogP contribution in [-0.4, -0.2) is 22.8 Å². The van der Waals surface area contributed by atoms with Gasteiger partial charge in [0.25, 0.3) is 5.91 Å². The quantitative estimate of drug-likeness (QED) is 0.819. The molecule has 0 radical (unpaired) electrons. The molecule has 0 aliphatic heterocycles. The zero-order valence-electron chi connectivity index (χ0n) is 10.3. The van der Waals surface area contributed by atoms with Gasteiger partial charge in [0.15, 0.2) is 0 Å². The molecule has 0 saturated carbocycles. The Morgan fingerprint density at radius 1 is 1.53 bits per heavy atom. The number of nitrogens with one attached hydrogen (secondary N) is 1. The van der Waals surface area contributed by atoms with E-state index in [1.54, 1.807) is 31.4 Å². The van der Waals surface area contributed by atoms with Crippen molar-refractivity contribution in [3.05, 3.63) is 38.7 Å². The molecule has 0 aliphatic rings. The van der Waals surface area contributed by atoms with Gasteiger partial charge in [-0.15, -0.1) is 0 Å². The van der Waals surface area contributed by atoms with Gasteiger partial charge in [0, 0.05) is 12.1 Å². The number of hydrogen-bond acceptors (Lipinski definition) is 3. The van der Waals surface area contributed by atoms with E-state index in [0.717, 1.165) is 3.57 Å². The number of rotatable bonds is 3. The summed E-state index contributed by atoms with van der Waals surface area (Å²) in [5.74, 6) is 0.292. The molecular weight excluding hydrogens is 381 g/mol. The van der Waals surface area contributed by atoms with Crippen LogP contribution in [0.25, 0.3) is 0 Å². The molecule has 2 rings (SSSR count). The number of aryl methyl sites for hydroxylation is 1. The molecular formula is C12H11ClIN3O2. The molecule has 100 valence electrons. The third kappa shape index (κ3) is 3.01. The van der Waals surface area contributed by atoms with Crippen LogP contribution in [0.15, 0.2) is 24.4 Å². The van der Waals surface area contributed by atoms with Crippen LogP contribution in [0.1, 0.15) is 10.5 Å². The zero-order valence-corrected chi connectivity index (χ0v) is 13.2. The van der Waals surface area contributed by atoms with Crippen LogP contribution in [0.5, 0.6) is 5.75 Å². The largest absolute Gasteiger partial charge is 0.495 e. The number of ether oxygens (including phenoxy) is 1. The van der Waals surface area contributed by atoms with Crippen molar-refractivity contribution in [2.24, 2.45) is 7.05 Å². The van der Waals surface area contributed by atoms with Crippen molar-refractivity contribution in [1.29, 1.82) is 0 Å². The minimum Gasteiger partial charge on any atom is -0.495 e. The number of anilines is 1. The van der Waals surface area contributed by atoms with Gasteiger partial charge in [0.1, 0.15) is 11.4 Å². The molecule has 2 aromatic rings. The number of aromatic nitrogens is 2. The Bertz CT molecular complexity index is 608. The van der Waals surface area contributed by atoms with Crippen LogP contribution in [0, 0.1) is 3.57 Å². The van der Waals surface area contributed by atoms with Gasteiger partial charge in [-0.2, -0.15) is 5.10 Å². The average molecular weight is 392 g/mol. The first-order valence-corrected chi connectivity index (χ1v) is 6.81. The molecule has 7 heteroatoms. The summed E-state index contributed by atoms with van der Waals surface area (Å²) in [6.07, 6.45) is 1.63. The maximum atomic E-state index is 12.2. The number of methoxy groups -OCH3 is 1. The normalized spacial score (nSPS) is 10.3. The van der Waals surface area contributed by atoms with E-state index in [1.807, 2.05) is 0 Å². The highest BCUT2D eigenvalue weighted by Crippen LogP contribution is 2.28. The lowest BCUT2D eigenvalue weighted by Crippen LogP contribution is -2.17. The molecule has 0 saturated heterocycles. The van der Waals surface area contributed by atoms with E-state index in [2.05, 4.69) is 33.0 Å². The Morgan fingerprint density at radius 2 is 2.26 bits per heavy atom. The van der Waals surface area contributed by atoms with Gasteiger partial charge < -0.3 is 10.1 Å². The van der Waals surface area contributed by atoms with Gasteiger partial charge in [-0.1, -0.05) is 11.6 Å². The predicted octanol–water partition coefficient (Wildman–Crippen LogP) is 2.94. The standard InChI is InChI=1S/C12H11ClIN3O2/c1-17-11(8(14)6-15-17)12(18)16-9-5-7(13)3-4-10(9)19-2/h3-6H,1-2H3,(H,16,18). The smallest absolute Gasteiger partial charge is 0.275 e. The number of benzene rings is 1. The van der Waals surface area contributed by atoms with Crippen molar-refractivity contribution >= 4 is 45.8 Å². The second-order valence-electron chi connectivity index (χ2n) is 3.76. The summed E-state index contributed by atoms with van der Waals surface area (Å²) >= 11 is 7.98. The molecule has 0 bridgehead atoms. The monoisotopic (exact) mass is 391 g/mol. The molecule has 1 aromatic heterocycles. The summed E-state index contributed by atoms with van der Waals surface area (Å²) in [7, 11) is 3.25. The average Bonchev–Trinajstić information content (AvgIpc) is 2.69. The van der Waals surface area contributed by atoms with E-state index in [-0.39, 0.29) is 5.91 Å². The third-order valence-electron chi connectivity index (χ3n) is 2.52. The number of carbonyl (C=O) groups is 1. The first-order chi connectivity index (χ1) is 9.02. The zero-order chi connectivity index (χ0) is 14.0. The van der Waals surface area contributed by atoms with Crippen LogP contribution in [0.2, 0.25) is 5.02 Å². The molecule has 0 atom stereocenters. The molecule has 0 unspecified atom stereocenters. The lowest BCUT2D eigenvalue weighted by Gasteiger charge is -2.10. The molecule has 1 aromatic carbocycles. The fourth-order valence-electron chi connectivity index (χ4n) is 1.63. The van der Waals surface area contributed by atoms with E-state index < -0.39 is 0 Å². The molecule has 1 N–H and O–H groups in total. The van der Waals surface area contributed by atoms with E-state index in [9.17, 15) is 4.79 Å². The first kappa shape index (κ1) is 14.1. The Kier molecular flexibility index (Phi) is 4.31. The van der Waals surface area contributed by atoms with Crippen molar-refractivity contribution < 1.29 is 9.53 Å². The van der Waals surface area contributed by atoms with Gasteiger partial charge in [-0.3, -0.25) is 9.48 Å². The number of carbonyl (C=O) groups excluding carboxylic acids is 1. The summed E-state index contributed by atoms with van der Waals surface area (Å²) in [5, 5.41) is 7.33. The lowest BCUT2D eigenvalue weighted by atomic mass is 10.2. The van der Waals surface area contributed by atoms with Crippen LogP contribution < -0.4 is 10.1 Å². The Labute approximate surface area is 129 Å². The fourth-order valence-corrected chi connectivity index (χ4v) is 2.52. The minimum absolute atomic E-state index is 0.259. The lowest BCUT2D eigenvalue weighted by molar-refractivity contribution is 0.101. The van der Waals surface area contributed by atoms with Crippen LogP contribution in [-0.2, 0) is 7.05 Å². The van der Waals surface area contributed by atoms with E-state index in [0.29, 0.717) is 22.2 Å². The number of hydrogen-bond donors (Lipinski definition) is 1. The highest BCUT2D eigenvalue weighted by Gasteiger charge is 2.17. The molecule has 0 aliphatic carbocycles. The molecule has 0 fully saturated rings. The van der Waals surface area contributed by atoms with Gasteiger partial charge >= 0.3 is 0 Å². The molecule has 19 heavy (non-hydrogen) atoms. The topological polar surface area (TPSA) is 56.1 Å². The highest BCUT2D eigenvalue weighted by atomic mass is 127. The maximum Gasteiger partial charge on any atom is 0.275 e. The van der Waals surface area contributed by atoms with E-state index >= 15 is 0 Å². The summed E-state index contributed by atoms with van der Waals surface area (Å²) < 4.78 is 7.48. The van der Waals surface area contributed by atoms with Crippen molar-refractivity contribution in [2.45, 2.75) is 0 Å². The number of amides is 1. The maximum absolute atomic E-state index is 12.2. The minimum atomic E-state index is -0.259. The summed E-state index contributed by atoms with van der Waals surface area (Å²) in [6.45, 7) is 0. The fraction of sp³-hybridized carbons (Fsp3) is 0.167. The number of halogens is 2. The Morgan fingerprint density at radius 3 is 2.84 bits per heavy atom. The van der Waals surface area contributed by atoms with Crippen LogP contribution >= 0.6 is 34.2 Å². The predicted molar refractivity (Wildman–Crippen MR) is 81.9 cm³/mol. The highest BCUT2D eigenvalue weighted by molar-refractivity contribution is 14.1. The van der Waals surface area contributed by atoms with Gasteiger partial charge in [-0.25, -0.2) is 0 Å². The van der Waals surface area contributed by atoms with Crippen molar-refractivity contribution in [3.63, 3.8) is 0 Å². The molecule has 1 heterocycles. The molecule has 5 nitrogen and oxygen atoms in total. The Balaban J connectivity index is 2.31. The van der Waals surface area contributed by atoms with E-state index in [1.165, 1.54) is 11.8 Å². The Hall–Kier alpha value is -1.28. The van der Waals surface area contributed by atoms with Gasteiger partial charge in [0.2, 0.25) is 0 Å². The summed E-state index contributed by atoms with van der Waals surface area (Å²) in [5.41, 5.74) is 1.01.